The average Bonchev–Trinajstić information content (AvgIpc) is 2.84. The maximum absolute atomic E-state index is 12.3. The van der Waals surface area contributed by atoms with E-state index in [0.717, 1.165) is 0 Å². The molecule has 0 radical (unpaired) electrons. The number of aromatic nitrogens is 1. The topological polar surface area (TPSA) is 88.3 Å². The molecule has 2 amide bonds. The summed E-state index contributed by atoms with van der Waals surface area (Å²) >= 11 is 1.33. The Kier molecular flexibility index (Phi) is 10.9. The lowest BCUT2D eigenvalue weighted by Gasteiger charge is -2.28. The molecule has 1 aromatic rings. The number of thiazole rings is 1. The molecule has 0 bridgehead atoms. The first-order valence-electron chi connectivity index (χ1n) is 7.64. The Balaban J connectivity index is 0. The molecule has 1 rings (SSSR count). The van der Waals surface area contributed by atoms with Crippen molar-refractivity contribution in [2.24, 2.45) is 16.6 Å². The van der Waals surface area contributed by atoms with Gasteiger partial charge in [0.2, 0.25) is 11.8 Å². The van der Waals surface area contributed by atoms with E-state index >= 15 is 0 Å². The molecule has 0 fully saturated rings. The zero-order valence-electron chi connectivity index (χ0n) is 15.7. The van der Waals surface area contributed by atoms with Crippen molar-refractivity contribution < 1.29 is 9.59 Å². The van der Waals surface area contributed by atoms with E-state index in [0.29, 0.717) is 23.9 Å². The monoisotopic (exact) mass is 412 g/mol. The Labute approximate surface area is 166 Å². The Morgan fingerprint density at radius 3 is 2.28 bits per heavy atom. The number of hydrogen-bond donors (Lipinski definition) is 2. The van der Waals surface area contributed by atoms with E-state index in [1.54, 1.807) is 17.3 Å². The average molecular weight is 413 g/mol. The van der Waals surface area contributed by atoms with Crippen LogP contribution in [0.15, 0.2) is 5.38 Å². The van der Waals surface area contributed by atoms with Crippen molar-refractivity contribution in [3.05, 3.63) is 11.1 Å². The lowest BCUT2D eigenvalue weighted by molar-refractivity contribution is -0.130. The molecule has 146 valence electrons. The standard InChI is InChI=1S/C16H28N4O2S.2ClH/c1-15(2,3)13(22)19-14-18-11(8-23-14)7-12(21)20(6)10-16(4,5)9-17;;/h8H,7,9-10,17H2,1-6H3,(H,18,19,22);2*1H. The van der Waals surface area contributed by atoms with Crippen LogP contribution in [0.1, 0.15) is 40.3 Å². The van der Waals surface area contributed by atoms with Gasteiger partial charge in [0.1, 0.15) is 0 Å². The second-order valence-corrected chi connectivity index (χ2v) is 8.50. The highest BCUT2D eigenvalue weighted by Crippen LogP contribution is 2.21. The number of carbonyl (C=O) groups is 2. The van der Waals surface area contributed by atoms with Gasteiger partial charge in [0.05, 0.1) is 12.1 Å². The molecule has 0 spiro atoms. The molecule has 0 aromatic carbocycles. The molecule has 0 aliphatic heterocycles. The number of nitrogens with zero attached hydrogens (tertiary/aromatic N) is 2. The molecule has 0 saturated carbocycles. The van der Waals surface area contributed by atoms with E-state index in [4.69, 9.17) is 5.73 Å². The van der Waals surface area contributed by atoms with Crippen LogP contribution in [-0.4, -0.2) is 41.8 Å². The fourth-order valence-electron chi connectivity index (χ4n) is 1.81. The number of hydrogen-bond acceptors (Lipinski definition) is 5. The quantitative estimate of drug-likeness (QED) is 0.751. The highest BCUT2D eigenvalue weighted by molar-refractivity contribution is 7.13. The fraction of sp³-hybridized carbons (Fsp3) is 0.688. The maximum atomic E-state index is 12.3. The molecule has 3 N–H and O–H groups in total. The second kappa shape index (κ2) is 10.3. The lowest BCUT2D eigenvalue weighted by atomic mass is 9.93. The molecular weight excluding hydrogens is 383 g/mol. The number of nitrogens with two attached hydrogens (primary N) is 1. The normalized spacial score (nSPS) is 11.2. The minimum absolute atomic E-state index is 0. The molecule has 9 heteroatoms. The van der Waals surface area contributed by atoms with E-state index in [1.807, 2.05) is 34.6 Å². The van der Waals surface area contributed by atoms with Crippen LogP contribution in [0.2, 0.25) is 0 Å². The zero-order chi connectivity index (χ0) is 17.8. The molecule has 0 unspecified atom stereocenters. The number of amides is 2. The summed E-state index contributed by atoms with van der Waals surface area (Å²) in [5.41, 5.74) is 5.78. The van der Waals surface area contributed by atoms with Crippen LogP contribution in [0.4, 0.5) is 5.13 Å². The van der Waals surface area contributed by atoms with Crippen molar-refractivity contribution in [3.63, 3.8) is 0 Å². The highest BCUT2D eigenvalue weighted by atomic mass is 35.5. The van der Waals surface area contributed by atoms with Gasteiger partial charge in [-0.2, -0.15) is 0 Å². The minimum atomic E-state index is -0.477. The van der Waals surface area contributed by atoms with Crippen molar-refractivity contribution in [3.8, 4) is 0 Å². The van der Waals surface area contributed by atoms with Gasteiger partial charge in [-0.05, 0) is 12.0 Å². The second-order valence-electron chi connectivity index (χ2n) is 7.64. The van der Waals surface area contributed by atoms with Crippen LogP contribution < -0.4 is 11.1 Å². The molecule has 25 heavy (non-hydrogen) atoms. The van der Waals surface area contributed by atoms with E-state index in [1.165, 1.54) is 11.3 Å². The van der Waals surface area contributed by atoms with Crippen LogP contribution in [-0.2, 0) is 16.0 Å². The van der Waals surface area contributed by atoms with Crippen LogP contribution in [0.3, 0.4) is 0 Å². The van der Waals surface area contributed by atoms with Gasteiger partial charge in [-0.1, -0.05) is 34.6 Å². The third-order valence-corrected chi connectivity index (χ3v) is 4.24. The SMILES string of the molecule is CN(CC(C)(C)CN)C(=O)Cc1csc(NC(=O)C(C)(C)C)n1.Cl.Cl. The largest absolute Gasteiger partial charge is 0.345 e. The summed E-state index contributed by atoms with van der Waals surface area (Å²) in [5, 5.41) is 5.11. The van der Waals surface area contributed by atoms with Gasteiger partial charge < -0.3 is 16.0 Å². The van der Waals surface area contributed by atoms with Gasteiger partial charge in [-0.25, -0.2) is 4.98 Å². The number of rotatable bonds is 6. The third-order valence-electron chi connectivity index (χ3n) is 3.43. The van der Waals surface area contributed by atoms with Crippen LogP contribution in [0.25, 0.3) is 0 Å². The Bertz CT molecular complexity index is 571. The molecule has 0 atom stereocenters. The summed E-state index contributed by atoms with van der Waals surface area (Å²) in [4.78, 5) is 30.2. The van der Waals surface area contributed by atoms with Gasteiger partial charge in [-0.15, -0.1) is 36.2 Å². The van der Waals surface area contributed by atoms with Crippen molar-refractivity contribution in [2.45, 2.75) is 41.0 Å². The van der Waals surface area contributed by atoms with Crippen molar-refractivity contribution in [1.29, 1.82) is 0 Å². The predicted molar refractivity (Wildman–Crippen MR) is 109 cm³/mol. The number of anilines is 1. The Morgan fingerprint density at radius 1 is 1.24 bits per heavy atom. The number of carbonyl (C=O) groups excluding carboxylic acids is 2. The van der Waals surface area contributed by atoms with Crippen LogP contribution in [0.5, 0.6) is 0 Å². The summed E-state index contributed by atoms with van der Waals surface area (Å²) < 4.78 is 0. The smallest absolute Gasteiger partial charge is 0.231 e. The number of halogens is 2. The van der Waals surface area contributed by atoms with Crippen molar-refractivity contribution >= 4 is 53.1 Å². The first-order chi connectivity index (χ1) is 10.4. The van der Waals surface area contributed by atoms with Gasteiger partial charge in [0, 0.05) is 24.4 Å². The third kappa shape index (κ3) is 8.85. The summed E-state index contributed by atoms with van der Waals surface area (Å²) in [7, 11) is 1.77. The Morgan fingerprint density at radius 2 is 1.80 bits per heavy atom. The fourth-order valence-corrected chi connectivity index (χ4v) is 2.52. The summed E-state index contributed by atoms with van der Waals surface area (Å²) in [6, 6.07) is 0. The molecule has 0 aliphatic carbocycles. The molecular formula is C16H30Cl2N4O2S. The number of likely N-dealkylation sites (N-methyl/N-ethyl adjacent to an activating group) is 1. The van der Waals surface area contributed by atoms with Crippen molar-refractivity contribution in [2.75, 3.05) is 25.5 Å². The molecule has 1 heterocycles. The van der Waals surface area contributed by atoms with E-state index < -0.39 is 5.41 Å². The molecule has 6 nitrogen and oxygen atoms in total. The molecule has 1 aromatic heterocycles. The summed E-state index contributed by atoms with van der Waals surface area (Å²) in [6.45, 7) is 10.7. The number of nitrogens with one attached hydrogen (secondary N) is 1. The maximum Gasteiger partial charge on any atom is 0.231 e. The summed E-state index contributed by atoms with van der Waals surface area (Å²) in [5.74, 6) is -0.0999. The first-order valence-corrected chi connectivity index (χ1v) is 8.52. The predicted octanol–water partition coefficient (Wildman–Crippen LogP) is 2.96. The lowest BCUT2D eigenvalue weighted by Crippen LogP contribution is -2.40. The van der Waals surface area contributed by atoms with Crippen LogP contribution >= 0.6 is 36.2 Å². The van der Waals surface area contributed by atoms with Gasteiger partial charge >= 0.3 is 0 Å². The van der Waals surface area contributed by atoms with Gasteiger partial charge in [0.15, 0.2) is 5.13 Å². The zero-order valence-corrected chi connectivity index (χ0v) is 18.2. The highest BCUT2D eigenvalue weighted by Gasteiger charge is 2.23. The van der Waals surface area contributed by atoms with Gasteiger partial charge in [0.25, 0.3) is 0 Å². The van der Waals surface area contributed by atoms with Crippen LogP contribution in [0, 0.1) is 10.8 Å². The first kappa shape index (κ1) is 26.3. The van der Waals surface area contributed by atoms with E-state index in [9.17, 15) is 9.59 Å². The van der Waals surface area contributed by atoms with Crippen molar-refractivity contribution in [1.82, 2.24) is 9.88 Å². The van der Waals surface area contributed by atoms with E-state index in [-0.39, 0.29) is 48.5 Å². The Hall–Kier alpha value is -0.890. The van der Waals surface area contributed by atoms with Gasteiger partial charge in [-0.3, -0.25) is 9.59 Å². The summed E-state index contributed by atoms with van der Waals surface area (Å²) in [6.07, 6.45) is 0.221. The van der Waals surface area contributed by atoms with E-state index in [2.05, 4.69) is 10.3 Å². The molecule has 0 saturated heterocycles. The minimum Gasteiger partial charge on any atom is -0.345 e. The molecule has 0 aliphatic rings.